The largest absolute Gasteiger partial charge is 0.335 e. The van der Waals surface area contributed by atoms with Crippen molar-refractivity contribution < 1.29 is 4.79 Å². The molecule has 0 unspecified atom stereocenters. The lowest BCUT2D eigenvalue weighted by Crippen LogP contribution is -2.40. The van der Waals surface area contributed by atoms with Crippen molar-refractivity contribution >= 4 is 29.1 Å². The van der Waals surface area contributed by atoms with E-state index in [1.807, 2.05) is 11.0 Å². The van der Waals surface area contributed by atoms with Crippen molar-refractivity contribution in [3.63, 3.8) is 0 Å². The van der Waals surface area contributed by atoms with Crippen molar-refractivity contribution in [2.75, 3.05) is 6.54 Å². The maximum absolute atomic E-state index is 12.8. The summed E-state index contributed by atoms with van der Waals surface area (Å²) in [5, 5.41) is 1.07. The Hall–Kier alpha value is -1.55. The Kier molecular flexibility index (Phi) is 5.14. The summed E-state index contributed by atoms with van der Waals surface area (Å²) >= 11 is 12.4. The molecule has 3 nitrogen and oxygen atoms in total. The summed E-state index contributed by atoms with van der Waals surface area (Å²) in [6.07, 6.45) is 1.05. The van der Waals surface area contributed by atoms with Gasteiger partial charge in [-0.3, -0.25) is 4.79 Å². The van der Waals surface area contributed by atoms with Crippen molar-refractivity contribution in [3.05, 3.63) is 68.7 Å². The average Bonchev–Trinajstić information content (AvgIpc) is 2.58. The maximum atomic E-state index is 12.8. The summed E-state index contributed by atoms with van der Waals surface area (Å²) < 4.78 is 0. The number of rotatable bonds is 3. The van der Waals surface area contributed by atoms with Gasteiger partial charge in [0.05, 0.1) is 12.5 Å². The molecule has 2 aromatic carbocycles. The number of nitrogens with zero attached hydrogens (tertiary/aromatic N) is 1. The van der Waals surface area contributed by atoms with Crippen LogP contribution in [0.15, 0.2) is 36.4 Å². The molecular formula is C19H20Cl2N2O. The third-order valence-corrected chi connectivity index (χ3v) is 5.47. The molecule has 126 valence electrons. The van der Waals surface area contributed by atoms with E-state index in [-0.39, 0.29) is 18.4 Å². The number of halogens is 2. The van der Waals surface area contributed by atoms with Gasteiger partial charge in [-0.25, -0.2) is 0 Å². The van der Waals surface area contributed by atoms with Crippen LogP contribution in [-0.4, -0.2) is 17.4 Å². The topological polar surface area (TPSA) is 46.3 Å². The van der Waals surface area contributed by atoms with Crippen LogP contribution in [0.4, 0.5) is 0 Å². The van der Waals surface area contributed by atoms with E-state index in [2.05, 4.69) is 19.1 Å². The second-order valence-electron chi connectivity index (χ2n) is 6.08. The number of hydrogen-bond donors (Lipinski definition) is 1. The van der Waals surface area contributed by atoms with Crippen molar-refractivity contribution in [1.82, 2.24) is 4.90 Å². The number of fused-ring (bicyclic) bond motifs is 1. The van der Waals surface area contributed by atoms with Gasteiger partial charge in [0.25, 0.3) is 0 Å². The molecule has 0 saturated carbocycles. The third kappa shape index (κ3) is 3.16. The zero-order valence-corrected chi connectivity index (χ0v) is 15.1. The number of benzene rings is 2. The molecule has 3 rings (SSSR count). The van der Waals surface area contributed by atoms with Gasteiger partial charge in [0.15, 0.2) is 0 Å². The fourth-order valence-corrected chi connectivity index (χ4v) is 3.96. The van der Waals surface area contributed by atoms with Gasteiger partial charge in [-0.15, -0.1) is 0 Å². The van der Waals surface area contributed by atoms with Crippen LogP contribution in [0.5, 0.6) is 0 Å². The van der Waals surface area contributed by atoms with E-state index < -0.39 is 0 Å². The molecule has 2 aromatic rings. The number of nitrogens with two attached hydrogens (primary N) is 1. The lowest BCUT2D eigenvalue weighted by atomic mass is 9.89. The van der Waals surface area contributed by atoms with Gasteiger partial charge in [-0.2, -0.15) is 0 Å². The zero-order chi connectivity index (χ0) is 17.3. The molecule has 0 saturated heterocycles. The summed E-state index contributed by atoms with van der Waals surface area (Å²) in [6.45, 7) is 3.27. The molecule has 1 aliphatic heterocycles. The van der Waals surface area contributed by atoms with Crippen LogP contribution in [-0.2, 0) is 24.2 Å². The smallest absolute Gasteiger partial charge is 0.227 e. The van der Waals surface area contributed by atoms with Crippen molar-refractivity contribution in [2.45, 2.75) is 32.4 Å². The highest BCUT2D eigenvalue weighted by atomic mass is 35.5. The first kappa shape index (κ1) is 17.3. The molecule has 0 aromatic heterocycles. The highest BCUT2D eigenvalue weighted by Crippen LogP contribution is 2.33. The summed E-state index contributed by atoms with van der Waals surface area (Å²) in [6, 6.07) is 11.5. The Morgan fingerprint density at radius 3 is 2.54 bits per heavy atom. The minimum Gasteiger partial charge on any atom is -0.335 e. The fourth-order valence-electron chi connectivity index (χ4n) is 3.43. The Bertz CT molecular complexity index is 756. The molecule has 2 N–H and O–H groups in total. The number of carbonyl (C=O) groups excluding carboxylic acids is 1. The van der Waals surface area contributed by atoms with Crippen LogP contribution < -0.4 is 5.73 Å². The van der Waals surface area contributed by atoms with Gasteiger partial charge in [0.2, 0.25) is 5.91 Å². The SMILES string of the molecule is C[C@H]1c2cccc(CN)c2CCN1C(=O)Cc1c(Cl)cccc1Cl. The van der Waals surface area contributed by atoms with Gasteiger partial charge < -0.3 is 10.6 Å². The van der Waals surface area contributed by atoms with E-state index in [0.717, 1.165) is 6.42 Å². The predicted octanol–water partition coefficient (Wildman–Crippen LogP) is 4.14. The van der Waals surface area contributed by atoms with Crippen LogP contribution in [0.1, 0.15) is 35.2 Å². The summed E-state index contributed by atoms with van der Waals surface area (Å²) in [5.74, 6) is 0.0429. The second kappa shape index (κ2) is 7.14. The lowest BCUT2D eigenvalue weighted by Gasteiger charge is -2.36. The van der Waals surface area contributed by atoms with Crippen LogP contribution in [0.3, 0.4) is 0 Å². The molecule has 1 heterocycles. The molecule has 0 bridgehead atoms. The molecule has 0 fully saturated rings. The normalized spacial score (nSPS) is 16.8. The Morgan fingerprint density at radius 1 is 1.21 bits per heavy atom. The summed E-state index contributed by atoms with van der Waals surface area (Å²) in [7, 11) is 0. The lowest BCUT2D eigenvalue weighted by molar-refractivity contribution is -0.133. The monoisotopic (exact) mass is 362 g/mol. The highest BCUT2D eigenvalue weighted by Gasteiger charge is 2.29. The van der Waals surface area contributed by atoms with E-state index in [1.54, 1.807) is 18.2 Å². The minimum absolute atomic E-state index is 0.0222. The third-order valence-electron chi connectivity index (χ3n) is 4.76. The van der Waals surface area contributed by atoms with Gasteiger partial charge in [-0.05, 0) is 47.7 Å². The molecule has 0 aliphatic carbocycles. The Morgan fingerprint density at radius 2 is 1.88 bits per heavy atom. The summed E-state index contributed by atoms with van der Waals surface area (Å²) in [4.78, 5) is 14.7. The van der Waals surface area contributed by atoms with Gasteiger partial charge in [0, 0.05) is 23.1 Å². The highest BCUT2D eigenvalue weighted by molar-refractivity contribution is 6.36. The van der Waals surface area contributed by atoms with E-state index in [4.69, 9.17) is 28.9 Å². The Labute approximate surface area is 152 Å². The predicted molar refractivity (Wildman–Crippen MR) is 98.3 cm³/mol. The van der Waals surface area contributed by atoms with E-state index in [1.165, 1.54) is 16.7 Å². The molecule has 24 heavy (non-hydrogen) atoms. The number of amides is 1. The van der Waals surface area contributed by atoms with Crippen LogP contribution >= 0.6 is 23.2 Å². The molecule has 1 atom stereocenters. The first-order valence-corrected chi connectivity index (χ1v) is 8.81. The van der Waals surface area contributed by atoms with E-state index in [9.17, 15) is 4.79 Å². The molecule has 5 heteroatoms. The number of hydrogen-bond acceptors (Lipinski definition) is 2. The van der Waals surface area contributed by atoms with Crippen molar-refractivity contribution in [2.24, 2.45) is 5.73 Å². The molecule has 1 aliphatic rings. The number of carbonyl (C=O) groups is 1. The maximum Gasteiger partial charge on any atom is 0.227 e. The van der Waals surface area contributed by atoms with E-state index in [0.29, 0.717) is 28.7 Å². The van der Waals surface area contributed by atoms with Gasteiger partial charge in [-0.1, -0.05) is 47.5 Å². The second-order valence-corrected chi connectivity index (χ2v) is 6.89. The fraction of sp³-hybridized carbons (Fsp3) is 0.316. The van der Waals surface area contributed by atoms with Gasteiger partial charge >= 0.3 is 0 Å². The standard InChI is InChI=1S/C19H20Cl2N2O/c1-12-14-5-2-4-13(11-22)15(14)8-9-23(12)19(24)10-16-17(20)6-3-7-18(16)21/h2-7,12H,8-11,22H2,1H3/t12-/m0/s1. The van der Waals surface area contributed by atoms with Crippen LogP contribution in [0.25, 0.3) is 0 Å². The van der Waals surface area contributed by atoms with Crippen molar-refractivity contribution in [1.29, 1.82) is 0 Å². The first-order valence-electron chi connectivity index (χ1n) is 8.06. The van der Waals surface area contributed by atoms with Gasteiger partial charge in [0.1, 0.15) is 0 Å². The summed E-state index contributed by atoms with van der Waals surface area (Å²) in [5.41, 5.74) is 10.2. The quantitative estimate of drug-likeness (QED) is 0.891. The zero-order valence-electron chi connectivity index (χ0n) is 13.6. The average molecular weight is 363 g/mol. The molecule has 1 amide bonds. The Balaban J connectivity index is 1.84. The first-order chi connectivity index (χ1) is 11.5. The molecule has 0 radical (unpaired) electrons. The minimum atomic E-state index is 0.0222. The molecular weight excluding hydrogens is 343 g/mol. The van der Waals surface area contributed by atoms with Crippen molar-refractivity contribution in [3.8, 4) is 0 Å². The van der Waals surface area contributed by atoms with Crippen LogP contribution in [0, 0.1) is 0 Å². The van der Waals surface area contributed by atoms with E-state index >= 15 is 0 Å². The molecule has 0 spiro atoms. The van der Waals surface area contributed by atoms with Crippen LogP contribution in [0.2, 0.25) is 10.0 Å².